The Hall–Kier alpha value is -2.95. The maximum absolute atomic E-state index is 13.1. The van der Waals surface area contributed by atoms with Crippen molar-refractivity contribution in [2.24, 2.45) is 7.05 Å². The highest BCUT2D eigenvalue weighted by molar-refractivity contribution is 6.05. The highest BCUT2D eigenvalue weighted by Gasteiger charge is 2.37. The van der Waals surface area contributed by atoms with Gasteiger partial charge in [0.15, 0.2) is 0 Å². The Balaban J connectivity index is 1.80. The van der Waals surface area contributed by atoms with Gasteiger partial charge < -0.3 is 4.90 Å². The van der Waals surface area contributed by atoms with Crippen LogP contribution < -0.4 is 10.5 Å². The monoisotopic (exact) mass is 361 g/mol. The zero-order valence-electron chi connectivity index (χ0n) is 15.9. The standard InChI is InChI=1S/C22H23N3O2/c1-4-11-25-19-10-9-14(2)12-16(19)17(22(25)27)13-20-23-18-8-6-5-7-15(18)21(26)24(20)3/h5-10,12,17H,4,11,13H2,1-3H3. The highest BCUT2D eigenvalue weighted by Crippen LogP contribution is 2.39. The molecule has 0 aliphatic carbocycles. The average molecular weight is 361 g/mol. The van der Waals surface area contributed by atoms with Crippen molar-refractivity contribution < 1.29 is 4.79 Å². The van der Waals surface area contributed by atoms with Gasteiger partial charge in [0.25, 0.3) is 5.56 Å². The van der Waals surface area contributed by atoms with Crippen molar-refractivity contribution in [3.63, 3.8) is 0 Å². The Morgan fingerprint density at radius 3 is 2.67 bits per heavy atom. The number of aryl methyl sites for hydroxylation is 1. The number of para-hydroxylation sites is 1. The molecule has 0 saturated carbocycles. The molecule has 0 N–H and O–H groups in total. The molecule has 1 aromatic heterocycles. The number of amides is 1. The van der Waals surface area contributed by atoms with Crippen LogP contribution in [0, 0.1) is 6.92 Å². The van der Waals surface area contributed by atoms with E-state index in [4.69, 9.17) is 4.98 Å². The van der Waals surface area contributed by atoms with Gasteiger partial charge in [0, 0.05) is 25.7 Å². The largest absolute Gasteiger partial charge is 0.312 e. The lowest BCUT2D eigenvalue weighted by Crippen LogP contribution is -2.31. The number of aromatic nitrogens is 2. The minimum atomic E-state index is -0.300. The molecule has 4 rings (SSSR count). The van der Waals surface area contributed by atoms with Crippen molar-refractivity contribution in [3.05, 3.63) is 69.8 Å². The summed E-state index contributed by atoms with van der Waals surface area (Å²) in [4.78, 5) is 32.4. The van der Waals surface area contributed by atoms with E-state index in [2.05, 4.69) is 13.0 Å². The zero-order valence-corrected chi connectivity index (χ0v) is 15.9. The first-order valence-electron chi connectivity index (χ1n) is 9.37. The summed E-state index contributed by atoms with van der Waals surface area (Å²) in [5.41, 5.74) is 3.76. The smallest absolute Gasteiger partial charge is 0.261 e. The number of anilines is 1. The van der Waals surface area contributed by atoms with Gasteiger partial charge in [0.1, 0.15) is 5.82 Å². The van der Waals surface area contributed by atoms with Gasteiger partial charge in [0.2, 0.25) is 5.91 Å². The van der Waals surface area contributed by atoms with E-state index in [0.29, 0.717) is 29.7 Å². The average Bonchev–Trinajstić information content (AvgIpc) is 2.91. The van der Waals surface area contributed by atoms with Crippen LogP contribution in [0.5, 0.6) is 0 Å². The van der Waals surface area contributed by atoms with Gasteiger partial charge in [-0.25, -0.2) is 4.98 Å². The number of carbonyl (C=O) groups excluding carboxylic acids is 1. The Kier molecular flexibility index (Phi) is 4.30. The summed E-state index contributed by atoms with van der Waals surface area (Å²) in [5, 5.41) is 0.602. The third kappa shape index (κ3) is 2.83. The van der Waals surface area contributed by atoms with E-state index in [1.54, 1.807) is 17.7 Å². The van der Waals surface area contributed by atoms with E-state index >= 15 is 0 Å². The molecule has 27 heavy (non-hydrogen) atoms. The zero-order chi connectivity index (χ0) is 19.1. The normalized spacial score (nSPS) is 16.2. The van der Waals surface area contributed by atoms with Gasteiger partial charge >= 0.3 is 0 Å². The molecule has 1 amide bonds. The van der Waals surface area contributed by atoms with Crippen LogP contribution in [0.1, 0.15) is 36.2 Å². The fraction of sp³-hybridized carbons (Fsp3) is 0.318. The van der Waals surface area contributed by atoms with Crippen LogP contribution in [0.25, 0.3) is 10.9 Å². The van der Waals surface area contributed by atoms with Crippen LogP contribution in [0.2, 0.25) is 0 Å². The van der Waals surface area contributed by atoms with E-state index in [-0.39, 0.29) is 17.4 Å². The second-order valence-electron chi connectivity index (χ2n) is 7.22. The summed E-state index contributed by atoms with van der Waals surface area (Å²) in [6.45, 7) is 4.81. The van der Waals surface area contributed by atoms with Gasteiger partial charge in [-0.15, -0.1) is 0 Å². The number of hydrogen-bond donors (Lipinski definition) is 0. The van der Waals surface area contributed by atoms with Gasteiger partial charge in [-0.1, -0.05) is 36.8 Å². The van der Waals surface area contributed by atoms with Crippen molar-refractivity contribution >= 4 is 22.5 Å². The third-order valence-electron chi connectivity index (χ3n) is 5.32. The van der Waals surface area contributed by atoms with Crippen molar-refractivity contribution in [1.82, 2.24) is 9.55 Å². The van der Waals surface area contributed by atoms with Crippen molar-refractivity contribution in [1.29, 1.82) is 0 Å². The molecule has 5 nitrogen and oxygen atoms in total. The summed E-state index contributed by atoms with van der Waals surface area (Å²) in [5.74, 6) is 0.438. The molecule has 5 heteroatoms. The van der Waals surface area contributed by atoms with Crippen molar-refractivity contribution in [3.8, 4) is 0 Å². The van der Waals surface area contributed by atoms with Gasteiger partial charge in [-0.05, 0) is 37.1 Å². The summed E-state index contributed by atoms with van der Waals surface area (Å²) >= 11 is 0. The van der Waals surface area contributed by atoms with Crippen molar-refractivity contribution in [2.45, 2.75) is 32.6 Å². The molecule has 0 fully saturated rings. The lowest BCUT2D eigenvalue weighted by atomic mass is 9.95. The molecule has 2 heterocycles. The maximum atomic E-state index is 13.1. The molecule has 0 spiro atoms. The lowest BCUT2D eigenvalue weighted by molar-refractivity contribution is -0.119. The number of rotatable bonds is 4. The molecule has 0 bridgehead atoms. The molecular weight excluding hydrogens is 338 g/mol. The second-order valence-corrected chi connectivity index (χ2v) is 7.22. The van der Waals surface area contributed by atoms with E-state index in [1.165, 1.54) is 0 Å². The Bertz CT molecular complexity index is 1100. The third-order valence-corrected chi connectivity index (χ3v) is 5.32. The van der Waals surface area contributed by atoms with Gasteiger partial charge in [-0.2, -0.15) is 0 Å². The summed E-state index contributed by atoms with van der Waals surface area (Å²) in [7, 11) is 1.73. The molecule has 1 unspecified atom stereocenters. The van der Waals surface area contributed by atoms with Crippen LogP contribution in [-0.4, -0.2) is 22.0 Å². The predicted molar refractivity (Wildman–Crippen MR) is 107 cm³/mol. The molecule has 1 aliphatic heterocycles. The Labute approximate surface area is 158 Å². The van der Waals surface area contributed by atoms with E-state index < -0.39 is 0 Å². The number of nitrogens with zero attached hydrogens (tertiary/aromatic N) is 3. The molecule has 0 saturated heterocycles. The van der Waals surface area contributed by atoms with Crippen molar-refractivity contribution in [2.75, 3.05) is 11.4 Å². The minimum Gasteiger partial charge on any atom is -0.312 e. The highest BCUT2D eigenvalue weighted by atomic mass is 16.2. The first kappa shape index (κ1) is 17.5. The minimum absolute atomic E-state index is 0.0732. The van der Waals surface area contributed by atoms with Gasteiger partial charge in [-0.3, -0.25) is 14.2 Å². The maximum Gasteiger partial charge on any atom is 0.261 e. The van der Waals surface area contributed by atoms with Gasteiger partial charge in [0.05, 0.1) is 16.8 Å². The number of hydrogen-bond acceptors (Lipinski definition) is 3. The molecule has 0 radical (unpaired) electrons. The SMILES string of the molecule is CCCN1C(=O)C(Cc2nc3ccccc3c(=O)n2C)c2cc(C)ccc21. The molecule has 3 aromatic rings. The van der Waals surface area contributed by atoms with E-state index in [1.807, 2.05) is 42.2 Å². The predicted octanol–water partition coefficient (Wildman–Crippen LogP) is 3.32. The first-order valence-corrected chi connectivity index (χ1v) is 9.37. The topological polar surface area (TPSA) is 55.2 Å². The summed E-state index contributed by atoms with van der Waals surface area (Å²) in [6, 6.07) is 13.5. The molecule has 1 aliphatic rings. The number of carbonyl (C=O) groups is 1. The van der Waals surface area contributed by atoms with Crippen LogP contribution in [0.15, 0.2) is 47.3 Å². The van der Waals surface area contributed by atoms with Crippen LogP contribution in [-0.2, 0) is 18.3 Å². The molecule has 2 aromatic carbocycles. The molecule has 138 valence electrons. The van der Waals surface area contributed by atoms with E-state index in [9.17, 15) is 9.59 Å². The fourth-order valence-corrected chi connectivity index (χ4v) is 3.92. The Morgan fingerprint density at radius 2 is 1.89 bits per heavy atom. The summed E-state index contributed by atoms with van der Waals surface area (Å²) < 4.78 is 1.58. The number of fused-ring (bicyclic) bond motifs is 2. The summed E-state index contributed by atoms with van der Waals surface area (Å²) in [6.07, 6.45) is 1.32. The quantitative estimate of drug-likeness (QED) is 0.716. The number of benzene rings is 2. The molecule has 1 atom stereocenters. The first-order chi connectivity index (χ1) is 13.0. The Morgan fingerprint density at radius 1 is 1.11 bits per heavy atom. The fourth-order valence-electron chi connectivity index (χ4n) is 3.92. The van der Waals surface area contributed by atoms with Crippen LogP contribution >= 0.6 is 0 Å². The van der Waals surface area contributed by atoms with Crippen LogP contribution in [0.3, 0.4) is 0 Å². The van der Waals surface area contributed by atoms with E-state index in [0.717, 1.165) is 23.2 Å². The molecular formula is C22H23N3O2. The van der Waals surface area contributed by atoms with Crippen LogP contribution in [0.4, 0.5) is 5.69 Å². The second kappa shape index (κ2) is 6.65. The lowest BCUT2D eigenvalue weighted by Gasteiger charge is -2.17.